The van der Waals surface area contributed by atoms with E-state index in [2.05, 4.69) is 62.8 Å². The van der Waals surface area contributed by atoms with Gasteiger partial charge in [-0.15, -0.1) is 0 Å². The molecule has 2 aromatic heterocycles. The molecule has 0 saturated carbocycles. The van der Waals surface area contributed by atoms with Crippen molar-refractivity contribution in [2.24, 2.45) is 5.92 Å². The summed E-state index contributed by atoms with van der Waals surface area (Å²) in [7, 11) is 0. The minimum atomic E-state index is 0.0234. The second kappa shape index (κ2) is 5.88. The quantitative estimate of drug-likeness (QED) is 0.690. The third-order valence-corrected chi connectivity index (χ3v) is 6.39. The first-order valence-corrected chi connectivity index (χ1v) is 9.80. The van der Waals surface area contributed by atoms with Crippen LogP contribution in [0.4, 0.5) is 0 Å². The lowest BCUT2D eigenvalue weighted by atomic mass is 9.96. The number of carbonyl (C=O) groups excluding carboxylic acids is 1. The number of nitrogens with zero attached hydrogens (tertiary/aromatic N) is 2. The monoisotopic (exact) mass is 348 g/mol. The number of amides is 1. The van der Waals surface area contributed by atoms with Gasteiger partial charge >= 0.3 is 0 Å². The van der Waals surface area contributed by atoms with Gasteiger partial charge in [0.25, 0.3) is 0 Å². The van der Waals surface area contributed by atoms with E-state index in [1.165, 1.54) is 22.4 Å². The van der Waals surface area contributed by atoms with Crippen molar-refractivity contribution in [1.29, 1.82) is 0 Å². The Morgan fingerprint density at radius 2 is 1.72 bits per heavy atom. The molecule has 4 heteroatoms. The van der Waals surface area contributed by atoms with Crippen LogP contribution < -0.4 is 0 Å². The molecular formula is C21H20N2OS. The van der Waals surface area contributed by atoms with Gasteiger partial charge in [-0.05, 0) is 52.4 Å². The van der Waals surface area contributed by atoms with Gasteiger partial charge in [-0.2, -0.15) is 11.3 Å². The van der Waals surface area contributed by atoms with Crippen molar-refractivity contribution < 1.29 is 4.79 Å². The van der Waals surface area contributed by atoms with Gasteiger partial charge in [0.15, 0.2) is 0 Å². The Bertz CT molecular complexity index is 890. The van der Waals surface area contributed by atoms with E-state index in [0.717, 1.165) is 25.9 Å². The molecule has 0 saturated heterocycles. The standard InChI is InChI=1S/C21H20N2OS/c24-21(16-11-17-13-25-14-18(17)12-16)23-10-9-22-8-4-7-19(22)20(23)15-5-2-1-3-6-15/h1-8,13-14,16,20H,9-12H2. The highest BCUT2D eigenvalue weighted by Gasteiger charge is 2.37. The summed E-state index contributed by atoms with van der Waals surface area (Å²) < 4.78 is 2.28. The van der Waals surface area contributed by atoms with Gasteiger partial charge in [-0.25, -0.2) is 0 Å². The molecule has 5 rings (SSSR count). The van der Waals surface area contributed by atoms with Crippen LogP contribution in [0.15, 0.2) is 59.4 Å². The van der Waals surface area contributed by atoms with Crippen molar-refractivity contribution in [2.45, 2.75) is 25.4 Å². The first kappa shape index (κ1) is 15.0. The number of hydrogen-bond acceptors (Lipinski definition) is 2. The summed E-state index contributed by atoms with van der Waals surface area (Å²) in [4.78, 5) is 15.5. The van der Waals surface area contributed by atoms with Crippen LogP contribution in [-0.4, -0.2) is 21.9 Å². The van der Waals surface area contributed by atoms with Gasteiger partial charge in [0.05, 0.1) is 6.04 Å². The van der Waals surface area contributed by atoms with Crippen LogP contribution in [0.2, 0.25) is 0 Å². The van der Waals surface area contributed by atoms with Crippen molar-refractivity contribution in [3.05, 3.63) is 81.8 Å². The van der Waals surface area contributed by atoms with E-state index in [0.29, 0.717) is 5.91 Å². The normalized spacial score (nSPS) is 19.7. The number of aromatic nitrogens is 1. The molecular weight excluding hydrogens is 328 g/mol. The van der Waals surface area contributed by atoms with Gasteiger partial charge in [0.1, 0.15) is 0 Å². The molecule has 1 amide bonds. The summed E-state index contributed by atoms with van der Waals surface area (Å²) in [6.45, 7) is 1.66. The van der Waals surface area contributed by atoms with Crippen LogP contribution in [0, 0.1) is 5.92 Å². The fraction of sp³-hybridized carbons (Fsp3) is 0.286. The van der Waals surface area contributed by atoms with Crippen LogP contribution in [-0.2, 0) is 24.2 Å². The number of thiophene rings is 1. The third-order valence-electron chi connectivity index (χ3n) is 5.55. The van der Waals surface area contributed by atoms with Crippen LogP contribution in [0.1, 0.15) is 28.4 Å². The predicted molar refractivity (Wildman–Crippen MR) is 99.6 cm³/mol. The zero-order valence-electron chi connectivity index (χ0n) is 14.0. The number of benzene rings is 1. The molecule has 0 radical (unpaired) electrons. The lowest BCUT2D eigenvalue weighted by Crippen LogP contribution is -2.45. The lowest BCUT2D eigenvalue weighted by molar-refractivity contribution is -0.138. The molecule has 2 aliphatic rings. The van der Waals surface area contributed by atoms with Crippen molar-refractivity contribution in [3.63, 3.8) is 0 Å². The van der Waals surface area contributed by atoms with Gasteiger partial charge in [-0.1, -0.05) is 30.3 Å². The maximum atomic E-state index is 13.4. The highest BCUT2D eigenvalue weighted by Crippen LogP contribution is 2.36. The van der Waals surface area contributed by atoms with Crippen molar-refractivity contribution in [3.8, 4) is 0 Å². The third kappa shape index (κ3) is 2.44. The summed E-state index contributed by atoms with van der Waals surface area (Å²) >= 11 is 1.75. The topological polar surface area (TPSA) is 25.2 Å². The first-order valence-electron chi connectivity index (χ1n) is 8.85. The van der Waals surface area contributed by atoms with E-state index in [4.69, 9.17) is 0 Å². The van der Waals surface area contributed by atoms with Crippen LogP contribution in [0.25, 0.3) is 0 Å². The SMILES string of the molecule is O=C(C1Cc2cscc2C1)N1CCn2cccc2C1c1ccccc1. The maximum Gasteiger partial charge on any atom is 0.227 e. The van der Waals surface area contributed by atoms with Gasteiger partial charge < -0.3 is 9.47 Å². The average Bonchev–Trinajstić information content (AvgIpc) is 3.36. The molecule has 3 aromatic rings. The van der Waals surface area contributed by atoms with Crippen molar-refractivity contribution in [1.82, 2.24) is 9.47 Å². The first-order chi connectivity index (χ1) is 12.3. The Labute approximate surface area is 151 Å². The predicted octanol–water partition coefficient (Wildman–Crippen LogP) is 3.90. The van der Waals surface area contributed by atoms with Crippen LogP contribution in [0.5, 0.6) is 0 Å². The fourth-order valence-corrected chi connectivity index (χ4v) is 5.22. The Balaban J connectivity index is 1.49. The molecule has 1 aliphatic heterocycles. The summed E-state index contributed by atoms with van der Waals surface area (Å²) in [5.41, 5.74) is 5.17. The Morgan fingerprint density at radius 1 is 0.960 bits per heavy atom. The second-order valence-electron chi connectivity index (χ2n) is 7.00. The summed E-state index contributed by atoms with van der Waals surface area (Å²) in [6.07, 6.45) is 3.92. The van der Waals surface area contributed by atoms with Crippen LogP contribution in [0.3, 0.4) is 0 Å². The van der Waals surface area contributed by atoms with Gasteiger partial charge in [-0.3, -0.25) is 4.79 Å². The lowest BCUT2D eigenvalue weighted by Gasteiger charge is -2.38. The Kier molecular flexibility index (Phi) is 3.52. The number of hydrogen-bond donors (Lipinski definition) is 0. The van der Waals surface area contributed by atoms with E-state index in [9.17, 15) is 4.79 Å². The molecule has 0 bridgehead atoms. The number of rotatable bonds is 2. The van der Waals surface area contributed by atoms with Crippen molar-refractivity contribution >= 4 is 17.2 Å². The van der Waals surface area contributed by atoms with E-state index in [-0.39, 0.29) is 12.0 Å². The molecule has 1 atom stereocenters. The maximum absolute atomic E-state index is 13.4. The van der Waals surface area contributed by atoms with Gasteiger partial charge in [0.2, 0.25) is 5.91 Å². The fourth-order valence-electron chi connectivity index (χ4n) is 4.33. The summed E-state index contributed by atoms with van der Waals surface area (Å²) in [6, 6.07) is 14.7. The highest BCUT2D eigenvalue weighted by atomic mass is 32.1. The Hall–Kier alpha value is -2.33. The number of carbonyl (C=O) groups is 1. The van der Waals surface area contributed by atoms with Gasteiger partial charge in [0, 0.05) is 30.9 Å². The summed E-state index contributed by atoms with van der Waals surface area (Å²) in [5, 5.41) is 4.41. The molecule has 0 spiro atoms. The van der Waals surface area contributed by atoms with E-state index < -0.39 is 0 Å². The smallest absolute Gasteiger partial charge is 0.227 e. The molecule has 1 aliphatic carbocycles. The highest BCUT2D eigenvalue weighted by molar-refractivity contribution is 7.08. The van der Waals surface area contributed by atoms with E-state index in [1.807, 2.05) is 6.07 Å². The van der Waals surface area contributed by atoms with E-state index in [1.54, 1.807) is 11.3 Å². The average molecular weight is 348 g/mol. The molecule has 3 nitrogen and oxygen atoms in total. The van der Waals surface area contributed by atoms with Crippen molar-refractivity contribution in [2.75, 3.05) is 6.54 Å². The summed E-state index contributed by atoms with van der Waals surface area (Å²) in [5.74, 6) is 0.411. The molecule has 25 heavy (non-hydrogen) atoms. The zero-order valence-corrected chi connectivity index (χ0v) is 14.8. The molecule has 126 valence electrons. The van der Waals surface area contributed by atoms with E-state index >= 15 is 0 Å². The number of fused-ring (bicyclic) bond motifs is 2. The second-order valence-corrected chi connectivity index (χ2v) is 7.74. The molecule has 1 aromatic carbocycles. The van der Waals surface area contributed by atoms with Crippen LogP contribution >= 0.6 is 11.3 Å². The minimum Gasteiger partial charge on any atom is -0.348 e. The largest absolute Gasteiger partial charge is 0.348 e. The molecule has 1 unspecified atom stereocenters. The minimum absolute atomic E-state index is 0.0234. The zero-order chi connectivity index (χ0) is 16.8. The molecule has 3 heterocycles. The Morgan fingerprint density at radius 3 is 2.48 bits per heavy atom. The molecule has 0 fully saturated rings. The molecule has 0 N–H and O–H groups in total.